The Kier molecular flexibility index (Phi) is 6.60. The lowest BCUT2D eigenvalue weighted by molar-refractivity contribution is 0.257. The standard InChI is InChI=1S/C13H28N2O2S/c1-4-14-6-5-7-18(16,17)15-13-9-11(2)8-12(3)10-13/h11-15H,4-10H2,1-3H3. The lowest BCUT2D eigenvalue weighted by Gasteiger charge is -2.31. The maximum atomic E-state index is 11.9. The minimum absolute atomic E-state index is 0.146. The van der Waals surface area contributed by atoms with E-state index in [9.17, 15) is 8.42 Å². The lowest BCUT2D eigenvalue weighted by atomic mass is 9.81. The molecule has 0 radical (unpaired) electrons. The molecule has 0 amide bonds. The van der Waals surface area contributed by atoms with E-state index < -0.39 is 10.0 Å². The molecule has 108 valence electrons. The summed E-state index contributed by atoms with van der Waals surface area (Å²) in [7, 11) is -3.10. The fourth-order valence-electron chi connectivity index (χ4n) is 2.92. The summed E-state index contributed by atoms with van der Waals surface area (Å²) in [6, 6.07) is 0.146. The van der Waals surface area contributed by atoms with Gasteiger partial charge in [-0.2, -0.15) is 0 Å². The zero-order chi connectivity index (χ0) is 13.6. The molecule has 2 atom stereocenters. The molecule has 1 fully saturated rings. The van der Waals surface area contributed by atoms with E-state index in [2.05, 4.69) is 23.9 Å². The van der Waals surface area contributed by atoms with Crippen LogP contribution in [0.2, 0.25) is 0 Å². The second-order valence-electron chi connectivity index (χ2n) is 5.76. The SMILES string of the molecule is CCNCCCS(=O)(=O)NC1CC(C)CC(C)C1. The van der Waals surface area contributed by atoms with Gasteiger partial charge in [-0.1, -0.05) is 20.8 Å². The van der Waals surface area contributed by atoms with Crippen molar-refractivity contribution in [3.63, 3.8) is 0 Å². The summed E-state index contributed by atoms with van der Waals surface area (Å²) in [6.07, 6.45) is 3.87. The summed E-state index contributed by atoms with van der Waals surface area (Å²) in [4.78, 5) is 0. The molecule has 0 aromatic heterocycles. The first kappa shape index (κ1) is 15.9. The second kappa shape index (κ2) is 7.46. The average molecular weight is 276 g/mol. The second-order valence-corrected chi connectivity index (χ2v) is 7.63. The predicted octanol–water partition coefficient (Wildman–Crippen LogP) is 1.73. The molecule has 1 aliphatic rings. The van der Waals surface area contributed by atoms with Crippen molar-refractivity contribution in [1.29, 1.82) is 0 Å². The fraction of sp³-hybridized carbons (Fsp3) is 1.00. The van der Waals surface area contributed by atoms with Crippen molar-refractivity contribution in [3.05, 3.63) is 0 Å². The Hall–Kier alpha value is -0.130. The largest absolute Gasteiger partial charge is 0.317 e. The molecule has 0 spiro atoms. The van der Waals surface area contributed by atoms with Gasteiger partial charge in [-0.25, -0.2) is 13.1 Å². The summed E-state index contributed by atoms with van der Waals surface area (Å²) in [5.74, 6) is 1.49. The fourth-order valence-corrected chi connectivity index (χ4v) is 4.26. The molecule has 2 unspecified atom stereocenters. The third kappa shape index (κ3) is 6.16. The molecule has 0 aromatic carbocycles. The number of sulfonamides is 1. The molecule has 5 heteroatoms. The normalized spacial score (nSPS) is 29.4. The highest BCUT2D eigenvalue weighted by molar-refractivity contribution is 7.89. The summed E-state index contributed by atoms with van der Waals surface area (Å²) >= 11 is 0. The van der Waals surface area contributed by atoms with Crippen LogP contribution in [0.1, 0.15) is 46.5 Å². The summed E-state index contributed by atoms with van der Waals surface area (Å²) in [5, 5.41) is 3.15. The third-order valence-corrected chi connectivity index (χ3v) is 5.06. The van der Waals surface area contributed by atoms with Gasteiger partial charge >= 0.3 is 0 Å². The van der Waals surface area contributed by atoms with Gasteiger partial charge in [-0.05, 0) is 50.6 Å². The molecule has 0 heterocycles. The van der Waals surface area contributed by atoms with Crippen LogP contribution >= 0.6 is 0 Å². The highest BCUT2D eigenvalue weighted by Crippen LogP contribution is 2.28. The Balaban J connectivity index is 2.35. The van der Waals surface area contributed by atoms with Gasteiger partial charge in [0.2, 0.25) is 10.0 Å². The number of nitrogens with one attached hydrogen (secondary N) is 2. The van der Waals surface area contributed by atoms with Crippen LogP contribution in [0, 0.1) is 11.8 Å². The van der Waals surface area contributed by atoms with E-state index in [1.165, 1.54) is 6.42 Å². The first-order chi connectivity index (χ1) is 8.43. The highest BCUT2D eigenvalue weighted by Gasteiger charge is 2.26. The van der Waals surface area contributed by atoms with Gasteiger partial charge < -0.3 is 5.32 Å². The maximum Gasteiger partial charge on any atom is 0.211 e. The van der Waals surface area contributed by atoms with E-state index in [1.807, 2.05) is 6.92 Å². The van der Waals surface area contributed by atoms with Crippen molar-refractivity contribution in [3.8, 4) is 0 Å². The predicted molar refractivity (Wildman–Crippen MR) is 76.1 cm³/mol. The molecular weight excluding hydrogens is 248 g/mol. The van der Waals surface area contributed by atoms with E-state index in [0.717, 1.165) is 25.9 Å². The molecular formula is C13H28N2O2S. The Morgan fingerprint density at radius 3 is 2.28 bits per heavy atom. The van der Waals surface area contributed by atoms with Crippen molar-refractivity contribution in [1.82, 2.24) is 10.0 Å². The summed E-state index contributed by atoms with van der Waals surface area (Å²) in [6.45, 7) is 8.11. The number of hydrogen-bond acceptors (Lipinski definition) is 3. The molecule has 0 bridgehead atoms. The topological polar surface area (TPSA) is 58.2 Å². The molecule has 2 N–H and O–H groups in total. The third-order valence-electron chi connectivity index (χ3n) is 3.54. The van der Waals surface area contributed by atoms with Crippen molar-refractivity contribution in [2.75, 3.05) is 18.8 Å². The van der Waals surface area contributed by atoms with Gasteiger partial charge in [0.25, 0.3) is 0 Å². The van der Waals surface area contributed by atoms with Crippen molar-refractivity contribution in [2.24, 2.45) is 11.8 Å². The maximum absolute atomic E-state index is 11.9. The molecule has 0 aliphatic heterocycles. The lowest BCUT2D eigenvalue weighted by Crippen LogP contribution is -2.41. The van der Waals surface area contributed by atoms with Crippen molar-refractivity contribution >= 4 is 10.0 Å². The molecule has 1 aliphatic carbocycles. The van der Waals surface area contributed by atoms with Gasteiger partial charge in [0, 0.05) is 6.04 Å². The first-order valence-corrected chi connectivity index (χ1v) is 8.79. The van der Waals surface area contributed by atoms with Crippen molar-refractivity contribution in [2.45, 2.75) is 52.5 Å². The minimum Gasteiger partial charge on any atom is -0.317 e. The molecule has 0 saturated heterocycles. The zero-order valence-electron chi connectivity index (χ0n) is 11.9. The van der Waals surface area contributed by atoms with E-state index in [-0.39, 0.29) is 11.8 Å². The number of hydrogen-bond donors (Lipinski definition) is 2. The molecule has 0 aromatic rings. The van der Waals surface area contributed by atoms with Gasteiger partial charge in [-0.3, -0.25) is 0 Å². The summed E-state index contributed by atoms with van der Waals surface area (Å²) < 4.78 is 26.8. The van der Waals surface area contributed by atoms with Crippen LogP contribution in [0.25, 0.3) is 0 Å². The van der Waals surface area contributed by atoms with E-state index in [0.29, 0.717) is 18.3 Å². The molecule has 1 rings (SSSR count). The Morgan fingerprint density at radius 1 is 1.11 bits per heavy atom. The first-order valence-electron chi connectivity index (χ1n) is 7.13. The van der Waals surface area contributed by atoms with Gasteiger partial charge in [0.1, 0.15) is 0 Å². The van der Waals surface area contributed by atoms with Crippen LogP contribution < -0.4 is 10.0 Å². The van der Waals surface area contributed by atoms with Crippen LogP contribution in [-0.2, 0) is 10.0 Å². The van der Waals surface area contributed by atoms with E-state index in [4.69, 9.17) is 0 Å². The van der Waals surface area contributed by atoms with Gasteiger partial charge in [-0.15, -0.1) is 0 Å². The monoisotopic (exact) mass is 276 g/mol. The van der Waals surface area contributed by atoms with E-state index in [1.54, 1.807) is 0 Å². The molecule has 18 heavy (non-hydrogen) atoms. The zero-order valence-corrected chi connectivity index (χ0v) is 12.7. The van der Waals surface area contributed by atoms with Gasteiger partial charge in [0.05, 0.1) is 5.75 Å². The quantitative estimate of drug-likeness (QED) is 0.696. The minimum atomic E-state index is -3.10. The number of rotatable bonds is 7. The van der Waals surface area contributed by atoms with Crippen molar-refractivity contribution < 1.29 is 8.42 Å². The van der Waals surface area contributed by atoms with Crippen LogP contribution in [0.4, 0.5) is 0 Å². The average Bonchev–Trinajstić information content (AvgIpc) is 2.22. The highest BCUT2D eigenvalue weighted by atomic mass is 32.2. The van der Waals surface area contributed by atoms with Crippen LogP contribution in [0.5, 0.6) is 0 Å². The Morgan fingerprint density at radius 2 is 1.72 bits per heavy atom. The Bertz CT molecular complexity index is 320. The van der Waals surface area contributed by atoms with Gasteiger partial charge in [0.15, 0.2) is 0 Å². The smallest absolute Gasteiger partial charge is 0.211 e. The van der Waals surface area contributed by atoms with Crippen LogP contribution in [0.15, 0.2) is 0 Å². The Labute approximate surface area is 112 Å². The van der Waals surface area contributed by atoms with Crippen LogP contribution in [0.3, 0.4) is 0 Å². The summed E-state index contributed by atoms with van der Waals surface area (Å²) in [5.41, 5.74) is 0. The van der Waals surface area contributed by atoms with E-state index >= 15 is 0 Å². The molecule has 4 nitrogen and oxygen atoms in total. The molecule has 1 saturated carbocycles. The van der Waals surface area contributed by atoms with Crippen LogP contribution in [-0.4, -0.2) is 33.3 Å².